The molecule has 84 valence electrons. The number of anilines is 1. The zero-order valence-electron chi connectivity index (χ0n) is 9.29. The summed E-state index contributed by atoms with van der Waals surface area (Å²) in [7, 11) is 0. The van der Waals surface area contributed by atoms with Crippen molar-refractivity contribution in [2.24, 2.45) is 0 Å². The lowest BCUT2D eigenvalue weighted by Crippen LogP contribution is -2.28. The average Bonchev–Trinajstić information content (AvgIpc) is 2.25. The summed E-state index contributed by atoms with van der Waals surface area (Å²) in [6, 6.07) is 1.83. The van der Waals surface area contributed by atoms with Crippen LogP contribution >= 0.6 is 12.2 Å². The minimum Gasteiger partial charge on any atom is -0.370 e. The van der Waals surface area contributed by atoms with E-state index in [-0.39, 0.29) is 0 Å². The molecule has 2 N–H and O–H groups in total. The molecule has 0 saturated carbocycles. The van der Waals surface area contributed by atoms with E-state index < -0.39 is 0 Å². The quantitative estimate of drug-likeness (QED) is 0.727. The minimum absolute atomic E-state index is 0.610. The van der Waals surface area contributed by atoms with Crippen LogP contribution in [0.25, 0.3) is 0 Å². The Morgan fingerprint density at radius 3 is 2.80 bits per heavy atom. The monoisotopic (exact) mass is 226 g/mol. The zero-order valence-corrected chi connectivity index (χ0v) is 10.1. The third-order valence-corrected chi connectivity index (χ3v) is 2.54. The molecule has 0 fully saturated rings. The summed E-state index contributed by atoms with van der Waals surface area (Å²) in [6.07, 6.45) is 1.61. The average molecular weight is 226 g/mol. The molecule has 15 heavy (non-hydrogen) atoms. The molecular weight excluding hydrogens is 208 g/mol. The fraction of sp³-hybridized carbons (Fsp3) is 0.600. The lowest BCUT2D eigenvalue weighted by atomic mass is 10.4. The predicted octanol–water partition coefficient (Wildman–Crippen LogP) is 1.89. The summed E-state index contributed by atoms with van der Waals surface area (Å²) < 4.78 is 0.610. The van der Waals surface area contributed by atoms with Crippen LogP contribution in [-0.2, 0) is 0 Å². The van der Waals surface area contributed by atoms with E-state index in [1.807, 2.05) is 6.07 Å². The highest BCUT2D eigenvalue weighted by atomic mass is 32.1. The fourth-order valence-electron chi connectivity index (χ4n) is 1.36. The first-order valence-corrected chi connectivity index (χ1v) is 5.68. The number of hydrogen-bond donors (Lipinski definition) is 2. The number of H-pyrrole nitrogens is 1. The molecule has 5 heteroatoms. The normalized spacial score (nSPS) is 10.6. The summed E-state index contributed by atoms with van der Waals surface area (Å²) in [4.78, 5) is 9.30. The van der Waals surface area contributed by atoms with E-state index in [4.69, 9.17) is 12.2 Å². The molecule has 1 aromatic heterocycles. The van der Waals surface area contributed by atoms with Gasteiger partial charge >= 0.3 is 0 Å². The van der Waals surface area contributed by atoms with Gasteiger partial charge in [-0.15, -0.1) is 0 Å². The number of aromatic amines is 1. The van der Waals surface area contributed by atoms with Crippen LogP contribution in [0, 0.1) is 4.64 Å². The molecule has 1 aromatic rings. The molecule has 0 bridgehead atoms. The van der Waals surface area contributed by atoms with Gasteiger partial charge in [0.15, 0.2) is 0 Å². The highest BCUT2D eigenvalue weighted by molar-refractivity contribution is 7.71. The molecule has 0 unspecified atom stereocenters. The summed E-state index contributed by atoms with van der Waals surface area (Å²) >= 11 is 4.97. The van der Waals surface area contributed by atoms with Gasteiger partial charge in [-0.1, -0.05) is 26.1 Å². The maximum absolute atomic E-state index is 4.97. The van der Waals surface area contributed by atoms with Gasteiger partial charge in [0.1, 0.15) is 10.5 Å². The minimum atomic E-state index is 0.610. The molecule has 0 amide bonds. The smallest absolute Gasteiger partial charge is 0.131 e. The molecule has 0 aliphatic rings. The van der Waals surface area contributed by atoms with Crippen LogP contribution in [-0.4, -0.2) is 41.0 Å². The van der Waals surface area contributed by atoms with Crippen molar-refractivity contribution in [2.75, 3.05) is 31.5 Å². The van der Waals surface area contributed by atoms with Crippen molar-refractivity contribution in [3.63, 3.8) is 0 Å². The van der Waals surface area contributed by atoms with Crippen molar-refractivity contribution in [3.8, 4) is 0 Å². The first-order valence-electron chi connectivity index (χ1n) is 5.27. The SMILES string of the molecule is CCN(CC)CCNc1cc(=S)nc[nH]1. The third kappa shape index (κ3) is 4.40. The Morgan fingerprint density at radius 1 is 1.47 bits per heavy atom. The van der Waals surface area contributed by atoms with Crippen molar-refractivity contribution in [1.82, 2.24) is 14.9 Å². The van der Waals surface area contributed by atoms with Crippen LogP contribution in [0.5, 0.6) is 0 Å². The second-order valence-electron chi connectivity index (χ2n) is 3.25. The van der Waals surface area contributed by atoms with Gasteiger partial charge in [0.25, 0.3) is 0 Å². The molecule has 1 heterocycles. The Balaban J connectivity index is 2.34. The maximum atomic E-state index is 4.97. The summed E-state index contributed by atoms with van der Waals surface area (Å²) in [6.45, 7) is 8.47. The molecule has 0 spiro atoms. The number of hydrogen-bond acceptors (Lipinski definition) is 4. The Morgan fingerprint density at radius 2 is 2.20 bits per heavy atom. The van der Waals surface area contributed by atoms with Gasteiger partial charge in [-0.2, -0.15) is 0 Å². The molecule has 0 saturated heterocycles. The van der Waals surface area contributed by atoms with Gasteiger partial charge < -0.3 is 15.2 Å². The van der Waals surface area contributed by atoms with Crippen LogP contribution in [0.3, 0.4) is 0 Å². The van der Waals surface area contributed by atoms with Gasteiger partial charge in [-0.25, -0.2) is 4.98 Å². The number of nitrogens with one attached hydrogen (secondary N) is 2. The van der Waals surface area contributed by atoms with Gasteiger partial charge in [-0.3, -0.25) is 0 Å². The predicted molar refractivity (Wildman–Crippen MR) is 65.7 cm³/mol. The van der Waals surface area contributed by atoms with Crippen molar-refractivity contribution in [1.29, 1.82) is 0 Å². The van der Waals surface area contributed by atoms with Crippen LogP contribution < -0.4 is 5.32 Å². The van der Waals surface area contributed by atoms with E-state index in [1.54, 1.807) is 6.33 Å². The molecular formula is C10H18N4S. The number of rotatable bonds is 6. The first-order chi connectivity index (χ1) is 7.26. The standard InChI is InChI=1S/C10H18N4S/c1-3-14(4-2)6-5-11-9-7-10(15)13-8-12-9/h7-8H,3-6H2,1-2H3,(H2,11,12,13,15). The van der Waals surface area contributed by atoms with E-state index in [2.05, 4.69) is 34.0 Å². The molecule has 0 aliphatic carbocycles. The van der Waals surface area contributed by atoms with Crippen molar-refractivity contribution in [2.45, 2.75) is 13.8 Å². The van der Waals surface area contributed by atoms with Crippen LogP contribution in [0.4, 0.5) is 5.82 Å². The Hall–Kier alpha value is -0.940. The highest BCUT2D eigenvalue weighted by Gasteiger charge is 1.97. The van der Waals surface area contributed by atoms with Crippen molar-refractivity contribution in [3.05, 3.63) is 17.0 Å². The Labute approximate surface area is 95.7 Å². The molecule has 4 nitrogen and oxygen atoms in total. The number of likely N-dealkylation sites (N-methyl/N-ethyl adjacent to an activating group) is 1. The summed E-state index contributed by atoms with van der Waals surface area (Å²) in [5, 5.41) is 3.28. The van der Waals surface area contributed by atoms with Crippen molar-refractivity contribution >= 4 is 18.0 Å². The molecule has 0 aromatic carbocycles. The van der Waals surface area contributed by atoms with E-state index in [1.165, 1.54) is 0 Å². The largest absolute Gasteiger partial charge is 0.370 e. The molecule has 0 aliphatic heterocycles. The fourth-order valence-corrected chi connectivity index (χ4v) is 1.53. The van der Waals surface area contributed by atoms with Crippen LogP contribution in [0.1, 0.15) is 13.8 Å². The molecule has 0 atom stereocenters. The van der Waals surface area contributed by atoms with Crippen LogP contribution in [0.2, 0.25) is 0 Å². The second kappa shape index (κ2) is 6.53. The van der Waals surface area contributed by atoms with Crippen LogP contribution in [0.15, 0.2) is 12.4 Å². The van der Waals surface area contributed by atoms with Gasteiger partial charge in [0.2, 0.25) is 0 Å². The number of nitrogens with zero attached hydrogens (tertiary/aromatic N) is 2. The lowest BCUT2D eigenvalue weighted by Gasteiger charge is -2.18. The third-order valence-electron chi connectivity index (χ3n) is 2.32. The highest BCUT2D eigenvalue weighted by Crippen LogP contribution is 1.99. The van der Waals surface area contributed by atoms with E-state index >= 15 is 0 Å². The number of aromatic nitrogens is 2. The summed E-state index contributed by atoms with van der Waals surface area (Å²) in [5.74, 6) is 0.933. The topological polar surface area (TPSA) is 44.0 Å². The second-order valence-corrected chi connectivity index (χ2v) is 3.67. The van der Waals surface area contributed by atoms with E-state index in [0.29, 0.717) is 4.64 Å². The summed E-state index contributed by atoms with van der Waals surface area (Å²) in [5.41, 5.74) is 0. The lowest BCUT2D eigenvalue weighted by molar-refractivity contribution is 0.316. The molecule has 1 rings (SSSR count). The maximum Gasteiger partial charge on any atom is 0.131 e. The van der Waals surface area contributed by atoms with Crippen molar-refractivity contribution < 1.29 is 0 Å². The zero-order chi connectivity index (χ0) is 11.1. The van der Waals surface area contributed by atoms with Gasteiger partial charge in [-0.05, 0) is 13.1 Å². The van der Waals surface area contributed by atoms with Gasteiger partial charge in [0, 0.05) is 19.2 Å². The Kier molecular flexibility index (Phi) is 5.28. The first kappa shape index (κ1) is 12.1. The molecule has 0 radical (unpaired) electrons. The van der Waals surface area contributed by atoms with E-state index in [9.17, 15) is 0 Å². The Bertz CT molecular complexity index is 332. The van der Waals surface area contributed by atoms with Gasteiger partial charge in [0.05, 0.1) is 6.33 Å². The van der Waals surface area contributed by atoms with E-state index in [0.717, 1.165) is 32.0 Å².